The van der Waals surface area contributed by atoms with Crippen LogP contribution >= 0.6 is 0 Å². The molecule has 3 aliphatic rings. The monoisotopic (exact) mass is 811 g/mol. The molecule has 0 radical (unpaired) electrons. The Labute approximate surface area is 343 Å². The van der Waals surface area contributed by atoms with E-state index in [1.54, 1.807) is 51.3 Å². The van der Waals surface area contributed by atoms with Crippen molar-refractivity contribution in [1.82, 2.24) is 24.3 Å². The number of fused-ring (bicyclic) bond motifs is 1. The number of aromatic nitrogens is 3. The van der Waals surface area contributed by atoms with Gasteiger partial charge in [0.05, 0.1) is 35.9 Å². The molecule has 1 amide bonds. The summed E-state index contributed by atoms with van der Waals surface area (Å²) in [4.78, 5) is 69.0. The van der Waals surface area contributed by atoms with Gasteiger partial charge in [0.15, 0.2) is 17.7 Å². The van der Waals surface area contributed by atoms with Gasteiger partial charge < -0.3 is 43.2 Å². The third-order valence-electron chi connectivity index (χ3n) is 12.8. The molecule has 1 N–H and O–H groups in total. The molecule has 5 rings (SSSR count). The number of nitrogens with zero attached hydrogens (tertiary/aromatic N) is 5. The van der Waals surface area contributed by atoms with E-state index in [-0.39, 0.29) is 30.8 Å². The van der Waals surface area contributed by atoms with E-state index in [1.165, 1.54) is 14.0 Å². The molecule has 0 spiro atoms. The number of ether oxygens (including phenoxy) is 5. The Hall–Kier alpha value is -3.76. The molecule has 0 saturated carbocycles. The number of amides is 1. The number of aryl methyl sites for hydroxylation is 1. The average Bonchev–Trinajstić information content (AvgIpc) is 3.78. The SMILES string of the molecule is CC[C@H]1OC(=O)[C@H](C)C(=O)[C@H](C)[C@@H](OC2OC(C)CC(N(C)C)C2O)[C@](C)(OC)C[C@@H](C)C(=O)[C@H](C)[C@H]2N(CCCCn3cnc(-c4cccnc4)c3)C(=O)O[C@]12C. The van der Waals surface area contributed by atoms with Gasteiger partial charge in [0.1, 0.15) is 23.9 Å². The van der Waals surface area contributed by atoms with Crippen LogP contribution in [0, 0.1) is 23.7 Å². The lowest BCUT2D eigenvalue weighted by molar-refractivity contribution is -0.295. The summed E-state index contributed by atoms with van der Waals surface area (Å²) in [6.45, 7) is 14.9. The van der Waals surface area contributed by atoms with Gasteiger partial charge in [-0.3, -0.25) is 19.4 Å². The summed E-state index contributed by atoms with van der Waals surface area (Å²) in [5.41, 5.74) is -0.938. The number of esters is 1. The summed E-state index contributed by atoms with van der Waals surface area (Å²) in [6.07, 6.45) is 4.45. The van der Waals surface area contributed by atoms with Crippen molar-refractivity contribution in [3.63, 3.8) is 0 Å². The van der Waals surface area contributed by atoms with Crippen molar-refractivity contribution in [3.05, 3.63) is 37.1 Å². The van der Waals surface area contributed by atoms with E-state index < -0.39 is 83.4 Å². The smallest absolute Gasteiger partial charge is 0.410 e. The van der Waals surface area contributed by atoms with Crippen LogP contribution in [0.3, 0.4) is 0 Å². The minimum atomic E-state index is -1.40. The second-order valence-corrected chi connectivity index (χ2v) is 17.3. The van der Waals surface area contributed by atoms with E-state index in [2.05, 4.69) is 9.97 Å². The Balaban J connectivity index is 1.43. The number of carbonyl (C=O) groups excluding carboxylic acids is 4. The van der Waals surface area contributed by atoms with Crippen LogP contribution in [0.15, 0.2) is 37.1 Å². The zero-order valence-corrected chi connectivity index (χ0v) is 36.1. The average molecular weight is 812 g/mol. The molecule has 58 heavy (non-hydrogen) atoms. The Morgan fingerprint density at radius 2 is 1.72 bits per heavy atom. The highest BCUT2D eigenvalue weighted by atomic mass is 16.7. The van der Waals surface area contributed by atoms with Crippen LogP contribution in [0.2, 0.25) is 0 Å². The summed E-state index contributed by atoms with van der Waals surface area (Å²) < 4.78 is 33.2. The standard InChI is InChI=1S/C43H65N5O10/c1-12-33-43(8)37(48(41(53)58-43)19-14-13-18-47-23-31(45-24-47)30-16-15-17-44-22-30)27(4)34(49)25(2)21-42(7,54-11)38(28(5)35(50)29(6)39(52)56-33)57-40-36(51)32(46(9)10)20-26(3)55-40/h15-17,22-29,32-33,36-38,40,51H,12-14,18-21H2,1-11H3/t25-,26?,27+,28+,29-,32?,33-,36?,37-,38-,40?,42-,43-/m1/s1. The number of carbonyl (C=O) groups is 4. The second-order valence-electron chi connectivity index (χ2n) is 17.3. The van der Waals surface area contributed by atoms with E-state index in [0.717, 1.165) is 11.3 Å². The van der Waals surface area contributed by atoms with Crippen molar-refractivity contribution in [3.8, 4) is 11.3 Å². The van der Waals surface area contributed by atoms with Crippen LogP contribution in [-0.4, -0.2) is 135 Å². The van der Waals surface area contributed by atoms with Gasteiger partial charge in [0, 0.05) is 68.1 Å². The van der Waals surface area contributed by atoms with Gasteiger partial charge in [-0.15, -0.1) is 0 Å². The molecular formula is C43H65N5O10. The molecule has 15 heteroatoms. The Kier molecular flexibility index (Phi) is 14.6. The van der Waals surface area contributed by atoms with Crippen LogP contribution in [0.25, 0.3) is 11.3 Å². The predicted octanol–water partition coefficient (Wildman–Crippen LogP) is 4.93. The van der Waals surface area contributed by atoms with Crippen molar-refractivity contribution in [2.24, 2.45) is 23.7 Å². The number of rotatable bonds is 11. The molecule has 3 saturated heterocycles. The van der Waals surface area contributed by atoms with Crippen LogP contribution < -0.4 is 0 Å². The number of cyclic esters (lactones) is 1. The number of unbranched alkanes of at least 4 members (excludes halogenated alkanes) is 1. The molecule has 2 aromatic rings. The Morgan fingerprint density at radius 1 is 1.02 bits per heavy atom. The van der Waals surface area contributed by atoms with E-state index in [9.17, 15) is 24.3 Å². The molecule has 5 heterocycles. The summed E-state index contributed by atoms with van der Waals surface area (Å²) >= 11 is 0. The normalized spacial score (nSPS) is 36.7. The number of pyridine rings is 1. The number of imidazole rings is 1. The summed E-state index contributed by atoms with van der Waals surface area (Å²) in [7, 11) is 5.24. The topological polar surface area (TPSA) is 172 Å². The van der Waals surface area contributed by atoms with Gasteiger partial charge >= 0.3 is 12.1 Å². The number of hydrogen-bond donors (Lipinski definition) is 1. The van der Waals surface area contributed by atoms with Gasteiger partial charge in [0.25, 0.3) is 0 Å². The third-order valence-corrected chi connectivity index (χ3v) is 12.8. The molecule has 4 unspecified atom stereocenters. The fourth-order valence-electron chi connectivity index (χ4n) is 9.43. The molecular weight excluding hydrogens is 746 g/mol. The Bertz CT molecular complexity index is 1740. The first-order valence-corrected chi connectivity index (χ1v) is 20.8. The maximum Gasteiger partial charge on any atom is 0.410 e. The lowest BCUT2D eigenvalue weighted by atomic mass is 9.73. The number of hydrogen-bond acceptors (Lipinski definition) is 13. The third kappa shape index (κ3) is 9.33. The van der Waals surface area contributed by atoms with Crippen molar-refractivity contribution >= 4 is 23.6 Å². The van der Waals surface area contributed by atoms with Crippen molar-refractivity contribution in [2.45, 2.75) is 148 Å². The zero-order chi connectivity index (χ0) is 42.7. The molecule has 0 bridgehead atoms. The first-order chi connectivity index (χ1) is 27.4. The van der Waals surface area contributed by atoms with Crippen LogP contribution in [0.5, 0.6) is 0 Å². The molecule has 13 atom stereocenters. The van der Waals surface area contributed by atoms with Crippen molar-refractivity contribution in [2.75, 3.05) is 27.7 Å². The van der Waals surface area contributed by atoms with E-state index in [1.807, 2.05) is 62.7 Å². The first-order valence-electron chi connectivity index (χ1n) is 20.8. The van der Waals surface area contributed by atoms with Gasteiger partial charge in [0.2, 0.25) is 0 Å². The van der Waals surface area contributed by atoms with Gasteiger partial charge in [-0.05, 0) is 86.0 Å². The van der Waals surface area contributed by atoms with Crippen molar-refractivity contribution < 1.29 is 48.0 Å². The quantitative estimate of drug-likeness (QED) is 0.184. The van der Waals surface area contributed by atoms with Crippen LogP contribution in [-0.2, 0) is 44.6 Å². The number of aliphatic hydroxyl groups is 1. The number of methoxy groups -OCH3 is 1. The van der Waals surface area contributed by atoms with Crippen LogP contribution in [0.4, 0.5) is 4.79 Å². The fraction of sp³-hybridized carbons (Fsp3) is 0.721. The highest BCUT2D eigenvalue weighted by Crippen LogP contribution is 2.43. The lowest BCUT2D eigenvalue weighted by Crippen LogP contribution is -2.60. The van der Waals surface area contributed by atoms with Crippen molar-refractivity contribution in [1.29, 1.82) is 0 Å². The molecule has 0 aliphatic carbocycles. The molecule has 2 aromatic heterocycles. The predicted molar refractivity (Wildman–Crippen MR) is 214 cm³/mol. The number of likely N-dealkylation sites (N-methyl/N-ethyl adjacent to an activating group) is 1. The highest BCUT2D eigenvalue weighted by molar-refractivity contribution is 6.00. The maximum atomic E-state index is 14.7. The van der Waals surface area contributed by atoms with Gasteiger partial charge in [-0.25, -0.2) is 9.78 Å². The number of Topliss-reactive ketones (excluding diaryl/α,β-unsaturated/α-hetero) is 2. The maximum absolute atomic E-state index is 14.7. The summed E-state index contributed by atoms with van der Waals surface area (Å²) in [5.74, 6) is -4.95. The molecule has 3 fully saturated rings. The lowest BCUT2D eigenvalue weighted by Gasteiger charge is -2.47. The minimum absolute atomic E-state index is 0.130. The second kappa shape index (κ2) is 18.7. The highest BCUT2D eigenvalue weighted by Gasteiger charge is 2.60. The zero-order valence-electron chi connectivity index (χ0n) is 36.1. The molecule has 322 valence electrons. The summed E-state index contributed by atoms with van der Waals surface area (Å²) in [5, 5.41) is 11.4. The minimum Gasteiger partial charge on any atom is -0.458 e. The first kappa shape index (κ1) is 45.3. The fourth-order valence-corrected chi connectivity index (χ4v) is 9.43. The van der Waals surface area contributed by atoms with Gasteiger partial charge in [-0.1, -0.05) is 27.7 Å². The van der Waals surface area contributed by atoms with E-state index in [4.69, 9.17) is 23.7 Å². The number of ketones is 2. The van der Waals surface area contributed by atoms with E-state index >= 15 is 0 Å². The molecule has 15 nitrogen and oxygen atoms in total. The molecule has 3 aliphatic heterocycles. The summed E-state index contributed by atoms with van der Waals surface area (Å²) in [6, 6.07) is 2.74. The largest absolute Gasteiger partial charge is 0.458 e. The van der Waals surface area contributed by atoms with Gasteiger partial charge in [-0.2, -0.15) is 0 Å². The molecule has 0 aromatic carbocycles. The Morgan fingerprint density at radius 3 is 2.36 bits per heavy atom. The van der Waals surface area contributed by atoms with E-state index in [0.29, 0.717) is 32.4 Å². The number of aliphatic hydroxyl groups excluding tert-OH is 1. The van der Waals surface area contributed by atoms with Crippen LogP contribution in [0.1, 0.15) is 87.5 Å².